The van der Waals surface area contributed by atoms with Gasteiger partial charge in [-0.3, -0.25) is 4.79 Å². The fourth-order valence-corrected chi connectivity index (χ4v) is 2.73. The van der Waals surface area contributed by atoms with Crippen LogP contribution in [0.25, 0.3) is 5.57 Å². The first-order valence-electron chi connectivity index (χ1n) is 8.52. The summed E-state index contributed by atoms with van der Waals surface area (Å²) in [5, 5.41) is 18.7. The third kappa shape index (κ3) is 5.34. The zero-order valence-corrected chi connectivity index (χ0v) is 15.3. The number of hydrogen-bond donors (Lipinski definition) is 2. The zero-order valence-electron chi connectivity index (χ0n) is 15.3. The van der Waals surface area contributed by atoms with Crippen molar-refractivity contribution in [3.63, 3.8) is 0 Å². The van der Waals surface area contributed by atoms with Crippen LogP contribution in [0.4, 0.5) is 0 Å². The van der Waals surface area contributed by atoms with E-state index >= 15 is 0 Å². The van der Waals surface area contributed by atoms with Crippen molar-refractivity contribution in [2.75, 3.05) is 13.7 Å². The predicted molar refractivity (Wildman–Crippen MR) is 101 cm³/mol. The molecule has 142 valence electrons. The minimum absolute atomic E-state index is 0.0479. The summed E-state index contributed by atoms with van der Waals surface area (Å²) in [7, 11) is 1.55. The zero-order chi connectivity index (χ0) is 19.8. The molecule has 6 nitrogen and oxygen atoms in total. The lowest BCUT2D eigenvalue weighted by molar-refractivity contribution is -0.137. The molecule has 0 amide bonds. The maximum atomic E-state index is 11.9. The van der Waals surface area contributed by atoms with Crippen molar-refractivity contribution in [2.24, 2.45) is 0 Å². The molecule has 0 unspecified atom stereocenters. The largest absolute Gasteiger partial charge is 0.497 e. The molecule has 0 fully saturated rings. The first-order valence-corrected chi connectivity index (χ1v) is 8.52. The van der Waals surface area contributed by atoms with Gasteiger partial charge in [-0.05, 0) is 54.3 Å². The Morgan fingerprint density at radius 1 is 0.852 bits per heavy atom. The number of hydrogen-bond acceptors (Lipinski definition) is 4. The molecule has 0 aliphatic rings. The van der Waals surface area contributed by atoms with E-state index in [0.717, 1.165) is 0 Å². The number of ether oxygens (including phenoxy) is 2. The highest BCUT2D eigenvalue weighted by atomic mass is 16.5. The lowest BCUT2D eigenvalue weighted by Crippen LogP contribution is -2.08. The van der Waals surface area contributed by atoms with E-state index < -0.39 is 11.9 Å². The molecule has 0 atom stereocenters. The van der Waals surface area contributed by atoms with Crippen LogP contribution < -0.4 is 9.47 Å². The van der Waals surface area contributed by atoms with Gasteiger partial charge in [-0.25, -0.2) is 4.79 Å². The van der Waals surface area contributed by atoms with Gasteiger partial charge in [-0.1, -0.05) is 24.3 Å². The molecule has 0 aromatic heterocycles. The Morgan fingerprint density at radius 3 is 1.78 bits per heavy atom. The SMILES string of the molecule is CCOc1ccc(C(=C(CCC(=O)O)C(=O)O)c2ccc(OC)cc2)cc1. The van der Waals surface area contributed by atoms with Crippen LogP contribution in [-0.2, 0) is 9.59 Å². The molecule has 0 bridgehead atoms. The molecule has 0 saturated heterocycles. The van der Waals surface area contributed by atoms with Crippen LogP contribution in [0.3, 0.4) is 0 Å². The molecule has 0 aliphatic carbocycles. The molecule has 2 rings (SSSR count). The second-order valence-electron chi connectivity index (χ2n) is 5.74. The van der Waals surface area contributed by atoms with Gasteiger partial charge >= 0.3 is 11.9 Å². The molecule has 0 aliphatic heterocycles. The third-order valence-corrected chi connectivity index (χ3v) is 3.98. The van der Waals surface area contributed by atoms with Crippen molar-refractivity contribution in [3.05, 3.63) is 65.2 Å². The Kier molecular flexibility index (Phi) is 7.00. The van der Waals surface area contributed by atoms with Crippen molar-refractivity contribution in [1.29, 1.82) is 0 Å². The van der Waals surface area contributed by atoms with Crippen LogP contribution in [0.1, 0.15) is 30.9 Å². The van der Waals surface area contributed by atoms with Crippen LogP contribution in [0.2, 0.25) is 0 Å². The Morgan fingerprint density at radius 2 is 1.37 bits per heavy atom. The molecule has 0 radical (unpaired) electrons. The Balaban J connectivity index is 2.59. The standard InChI is InChI=1S/C21H22O6/c1-3-27-17-10-6-15(7-11-17)20(14-4-8-16(26-2)9-5-14)18(21(24)25)12-13-19(22)23/h4-11H,3,12-13H2,1-2H3,(H,22,23)(H,24,25). The van der Waals surface area contributed by atoms with Gasteiger partial charge in [0.1, 0.15) is 11.5 Å². The highest BCUT2D eigenvalue weighted by Crippen LogP contribution is 2.31. The summed E-state index contributed by atoms with van der Waals surface area (Å²) < 4.78 is 10.6. The number of methoxy groups -OCH3 is 1. The first-order chi connectivity index (χ1) is 13.0. The van der Waals surface area contributed by atoms with Gasteiger partial charge in [-0.15, -0.1) is 0 Å². The summed E-state index contributed by atoms with van der Waals surface area (Å²) in [6, 6.07) is 14.1. The van der Waals surface area contributed by atoms with E-state index in [0.29, 0.717) is 34.8 Å². The maximum absolute atomic E-state index is 11.9. The predicted octanol–water partition coefficient (Wildman–Crippen LogP) is 3.85. The van der Waals surface area contributed by atoms with Crippen molar-refractivity contribution in [3.8, 4) is 11.5 Å². The summed E-state index contributed by atoms with van der Waals surface area (Å²) in [4.78, 5) is 22.9. The second kappa shape index (κ2) is 9.43. The van der Waals surface area contributed by atoms with Crippen LogP contribution in [0, 0.1) is 0 Å². The number of aliphatic carboxylic acids is 2. The number of rotatable bonds is 9. The van der Waals surface area contributed by atoms with Gasteiger partial charge in [0.15, 0.2) is 0 Å². The summed E-state index contributed by atoms with van der Waals surface area (Å²) in [5.74, 6) is -0.865. The molecule has 0 saturated carbocycles. The van der Waals surface area contributed by atoms with E-state index in [1.54, 1.807) is 55.6 Å². The van der Waals surface area contributed by atoms with Gasteiger partial charge in [-0.2, -0.15) is 0 Å². The Bertz CT molecular complexity index is 819. The summed E-state index contributed by atoms with van der Waals surface area (Å²) in [5.41, 5.74) is 1.87. The summed E-state index contributed by atoms with van der Waals surface area (Å²) in [6.07, 6.45) is -0.350. The van der Waals surface area contributed by atoms with Crippen molar-refractivity contribution in [1.82, 2.24) is 0 Å². The molecule has 2 aromatic rings. The van der Waals surface area contributed by atoms with Gasteiger partial charge in [0.25, 0.3) is 0 Å². The number of carbonyl (C=O) groups is 2. The normalized spacial score (nSPS) is 11.5. The number of benzene rings is 2. The highest BCUT2D eigenvalue weighted by molar-refractivity contribution is 6.01. The Labute approximate surface area is 157 Å². The maximum Gasteiger partial charge on any atom is 0.332 e. The quantitative estimate of drug-likeness (QED) is 0.652. The van der Waals surface area contributed by atoms with E-state index in [9.17, 15) is 14.7 Å². The fourth-order valence-electron chi connectivity index (χ4n) is 2.73. The van der Waals surface area contributed by atoms with E-state index in [1.807, 2.05) is 6.92 Å². The van der Waals surface area contributed by atoms with Crippen LogP contribution in [-0.4, -0.2) is 35.9 Å². The number of carboxylic acid groups (broad SMARTS) is 2. The molecular formula is C21H22O6. The third-order valence-electron chi connectivity index (χ3n) is 3.98. The average molecular weight is 370 g/mol. The molecule has 27 heavy (non-hydrogen) atoms. The number of carboxylic acids is 2. The first kappa shape index (κ1) is 20.0. The smallest absolute Gasteiger partial charge is 0.332 e. The molecule has 0 spiro atoms. The Hall–Kier alpha value is -3.28. The molecule has 6 heteroatoms. The van der Waals surface area contributed by atoms with E-state index in [-0.39, 0.29) is 18.4 Å². The second-order valence-corrected chi connectivity index (χ2v) is 5.74. The lowest BCUT2D eigenvalue weighted by atomic mass is 9.90. The topological polar surface area (TPSA) is 93.1 Å². The average Bonchev–Trinajstić information content (AvgIpc) is 2.66. The monoisotopic (exact) mass is 370 g/mol. The summed E-state index contributed by atoms with van der Waals surface area (Å²) in [6.45, 7) is 2.41. The van der Waals surface area contributed by atoms with Gasteiger partial charge < -0.3 is 19.7 Å². The van der Waals surface area contributed by atoms with E-state index in [2.05, 4.69) is 0 Å². The fraction of sp³-hybridized carbons (Fsp3) is 0.238. The minimum Gasteiger partial charge on any atom is -0.497 e. The van der Waals surface area contributed by atoms with Gasteiger partial charge in [0, 0.05) is 12.0 Å². The van der Waals surface area contributed by atoms with Crippen LogP contribution in [0.15, 0.2) is 54.1 Å². The lowest BCUT2D eigenvalue weighted by Gasteiger charge is -2.15. The van der Waals surface area contributed by atoms with E-state index in [4.69, 9.17) is 14.6 Å². The molecular weight excluding hydrogens is 348 g/mol. The molecule has 2 aromatic carbocycles. The van der Waals surface area contributed by atoms with Gasteiger partial charge in [0.2, 0.25) is 0 Å². The molecule has 0 heterocycles. The van der Waals surface area contributed by atoms with Crippen molar-refractivity contribution < 1.29 is 29.3 Å². The molecule has 2 N–H and O–H groups in total. The highest BCUT2D eigenvalue weighted by Gasteiger charge is 2.19. The van der Waals surface area contributed by atoms with Crippen molar-refractivity contribution in [2.45, 2.75) is 19.8 Å². The van der Waals surface area contributed by atoms with Crippen LogP contribution in [0.5, 0.6) is 11.5 Å². The minimum atomic E-state index is -1.14. The van der Waals surface area contributed by atoms with E-state index in [1.165, 1.54) is 0 Å². The summed E-state index contributed by atoms with van der Waals surface area (Å²) >= 11 is 0. The van der Waals surface area contributed by atoms with Crippen LogP contribution >= 0.6 is 0 Å². The van der Waals surface area contributed by atoms with Gasteiger partial charge in [0.05, 0.1) is 13.7 Å². The van der Waals surface area contributed by atoms with Crippen molar-refractivity contribution >= 4 is 17.5 Å².